The summed E-state index contributed by atoms with van der Waals surface area (Å²) in [5, 5.41) is 5.51. The second-order valence-corrected chi connectivity index (χ2v) is 4.45. The fourth-order valence-electron chi connectivity index (χ4n) is 1.64. The van der Waals surface area contributed by atoms with Gasteiger partial charge in [-0.25, -0.2) is 0 Å². The van der Waals surface area contributed by atoms with Crippen molar-refractivity contribution < 1.29 is 14.3 Å². The van der Waals surface area contributed by atoms with Gasteiger partial charge in [0.25, 0.3) is 0 Å². The predicted molar refractivity (Wildman–Crippen MR) is 78.6 cm³/mol. The average Bonchev–Trinajstić information content (AvgIpc) is 2.40. The van der Waals surface area contributed by atoms with E-state index >= 15 is 0 Å². The average molecular weight is 279 g/mol. The zero-order valence-electron chi connectivity index (χ0n) is 11.9. The zero-order chi connectivity index (χ0) is 15.0. The van der Waals surface area contributed by atoms with Crippen LogP contribution < -0.4 is 16.4 Å². The number of carbonyl (C=O) groups excluding carboxylic acids is 2. The largest absolute Gasteiger partial charge is 0.375 e. The zero-order valence-corrected chi connectivity index (χ0v) is 11.9. The van der Waals surface area contributed by atoms with Gasteiger partial charge in [-0.3, -0.25) is 9.59 Å². The van der Waals surface area contributed by atoms with Crippen LogP contribution in [0, 0.1) is 6.92 Å². The molecule has 0 aliphatic carbocycles. The minimum atomic E-state index is -0.239. The van der Waals surface area contributed by atoms with Crippen molar-refractivity contribution in [1.82, 2.24) is 0 Å². The number of hydrogen-bond acceptors (Lipinski definition) is 4. The van der Waals surface area contributed by atoms with Gasteiger partial charge in [0.2, 0.25) is 11.8 Å². The normalized spacial score (nSPS) is 10.2. The van der Waals surface area contributed by atoms with Crippen LogP contribution in [0.3, 0.4) is 0 Å². The lowest BCUT2D eigenvalue weighted by molar-refractivity contribution is -0.119. The quantitative estimate of drug-likeness (QED) is 0.700. The Morgan fingerprint density at radius 2 is 2.00 bits per heavy atom. The van der Waals surface area contributed by atoms with Crippen molar-refractivity contribution in [2.75, 3.05) is 30.9 Å². The highest BCUT2D eigenvalue weighted by atomic mass is 16.5. The maximum atomic E-state index is 11.7. The third-order valence-corrected chi connectivity index (χ3v) is 2.68. The first kappa shape index (κ1) is 16.1. The van der Waals surface area contributed by atoms with Gasteiger partial charge in [0, 0.05) is 24.9 Å². The van der Waals surface area contributed by atoms with Crippen LogP contribution >= 0.6 is 0 Å². The molecule has 0 aliphatic rings. The van der Waals surface area contributed by atoms with Gasteiger partial charge in [0.15, 0.2) is 0 Å². The molecule has 0 saturated heterocycles. The number of ether oxygens (including phenoxy) is 1. The molecule has 0 unspecified atom stereocenters. The Kier molecular flexibility index (Phi) is 6.69. The van der Waals surface area contributed by atoms with Gasteiger partial charge in [0.05, 0.1) is 0 Å². The predicted octanol–water partition coefficient (Wildman–Crippen LogP) is 1.26. The number of nitrogens with one attached hydrogen (secondary N) is 2. The van der Waals surface area contributed by atoms with E-state index in [1.165, 1.54) is 7.11 Å². The van der Waals surface area contributed by atoms with Gasteiger partial charge in [0.1, 0.15) is 6.61 Å². The van der Waals surface area contributed by atoms with Crippen molar-refractivity contribution in [3.63, 3.8) is 0 Å². The summed E-state index contributed by atoms with van der Waals surface area (Å²) in [6, 6.07) is 5.34. The minimum Gasteiger partial charge on any atom is -0.375 e. The molecule has 0 fully saturated rings. The Labute approximate surface area is 118 Å². The van der Waals surface area contributed by atoms with Crippen molar-refractivity contribution in [3.8, 4) is 0 Å². The van der Waals surface area contributed by atoms with Crippen LogP contribution in [0.1, 0.15) is 18.4 Å². The lowest BCUT2D eigenvalue weighted by atomic mass is 10.1. The molecule has 1 rings (SSSR count). The third-order valence-electron chi connectivity index (χ3n) is 2.68. The molecule has 2 amide bonds. The molecular formula is C14H21N3O3. The molecule has 0 radical (unpaired) electrons. The number of amides is 2. The van der Waals surface area contributed by atoms with Gasteiger partial charge >= 0.3 is 0 Å². The second-order valence-electron chi connectivity index (χ2n) is 4.45. The van der Waals surface area contributed by atoms with Crippen LogP contribution in [0.5, 0.6) is 0 Å². The molecule has 0 atom stereocenters. The number of nitrogens with two attached hydrogens (primary N) is 1. The molecule has 1 aromatic carbocycles. The lowest BCUT2D eigenvalue weighted by Gasteiger charge is -2.11. The van der Waals surface area contributed by atoms with Crippen molar-refractivity contribution in [2.24, 2.45) is 5.73 Å². The maximum absolute atomic E-state index is 11.7. The minimum absolute atomic E-state index is 0.00787. The second kappa shape index (κ2) is 8.29. The highest BCUT2D eigenvalue weighted by Crippen LogP contribution is 2.20. The van der Waals surface area contributed by atoms with Crippen molar-refractivity contribution in [1.29, 1.82) is 0 Å². The Balaban J connectivity index is 2.71. The standard InChI is InChI=1S/C14H21N3O3/c1-10-5-6-11(16-14(19)9-20-2)8-12(10)17-13(18)4-3-7-15/h5-6,8H,3-4,7,9,15H2,1-2H3,(H,16,19)(H,17,18). The summed E-state index contributed by atoms with van der Waals surface area (Å²) >= 11 is 0. The number of hydrogen-bond donors (Lipinski definition) is 3. The fourth-order valence-corrected chi connectivity index (χ4v) is 1.64. The molecule has 20 heavy (non-hydrogen) atoms. The molecule has 6 heteroatoms. The molecule has 0 saturated carbocycles. The van der Waals surface area contributed by atoms with Crippen molar-refractivity contribution in [2.45, 2.75) is 19.8 Å². The van der Waals surface area contributed by atoms with Crippen molar-refractivity contribution in [3.05, 3.63) is 23.8 Å². The van der Waals surface area contributed by atoms with E-state index in [1.807, 2.05) is 13.0 Å². The molecule has 6 nitrogen and oxygen atoms in total. The Bertz CT molecular complexity index is 475. The van der Waals surface area contributed by atoms with Gasteiger partial charge in [-0.2, -0.15) is 0 Å². The smallest absolute Gasteiger partial charge is 0.250 e. The van der Waals surface area contributed by atoms with E-state index in [9.17, 15) is 9.59 Å². The van der Waals surface area contributed by atoms with Gasteiger partial charge < -0.3 is 21.1 Å². The number of carbonyl (C=O) groups is 2. The van der Waals surface area contributed by atoms with E-state index in [-0.39, 0.29) is 18.4 Å². The molecule has 0 heterocycles. The SMILES string of the molecule is COCC(=O)Nc1ccc(C)c(NC(=O)CCCN)c1. The Hall–Kier alpha value is -1.92. The maximum Gasteiger partial charge on any atom is 0.250 e. The number of benzene rings is 1. The molecule has 0 spiro atoms. The number of aryl methyl sites for hydroxylation is 1. The fraction of sp³-hybridized carbons (Fsp3) is 0.429. The Morgan fingerprint density at radius 1 is 1.25 bits per heavy atom. The van der Waals surface area contributed by atoms with Crippen molar-refractivity contribution >= 4 is 23.2 Å². The summed E-state index contributed by atoms with van der Waals surface area (Å²) in [7, 11) is 1.46. The topological polar surface area (TPSA) is 93.5 Å². The van der Waals surface area contributed by atoms with Gasteiger partial charge in [-0.15, -0.1) is 0 Å². The number of methoxy groups -OCH3 is 1. The summed E-state index contributed by atoms with van der Waals surface area (Å²) in [5.74, 6) is -0.323. The third kappa shape index (κ3) is 5.38. The highest BCUT2D eigenvalue weighted by Gasteiger charge is 2.07. The van der Waals surface area contributed by atoms with E-state index in [0.717, 1.165) is 5.56 Å². The first-order chi connectivity index (χ1) is 9.56. The number of rotatable bonds is 7. The van der Waals surface area contributed by atoms with Crippen LogP contribution in [-0.4, -0.2) is 32.1 Å². The van der Waals surface area contributed by atoms with E-state index in [4.69, 9.17) is 10.5 Å². The Morgan fingerprint density at radius 3 is 2.65 bits per heavy atom. The number of anilines is 2. The first-order valence-corrected chi connectivity index (χ1v) is 6.46. The molecule has 4 N–H and O–H groups in total. The summed E-state index contributed by atoms with van der Waals surface area (Å²) in [6.45, 7) is 2.37. The first-order valence-electron chi connectivity index (χ1n) is 6.46. The lowest BCUT2D eigenvalue weighted by Crippen LogP contribution is -2.18. The summed E-state index contributed by atoms with van der Waals surface area (Å²) in [6.07, 6.45) is 1.03. The van der Waals surface area contributed by atoms with E-state index in [1.54, 1.807) is 12.1 Å². The van der Waals surface area contributed by atoms with E-state index in [2.05, 4.69) is 10.6 Å². The van der Waals surface area contributed by atoms with E-state index < -0.39 is 0 Å². The molecule has 110 valence electrons. The summed E-state index contributed by atoms with van der Waals surface area (Å²) < 4.78 is 4.75. The van der Waals surface area contributed by atoms with E-state index in [0.29, 0.717) is 30.8 Å². The highest BCUT2D eigenvalue weighted by molar-refractivity contribution is 5.95. The molecular weight excluding hydrogens is 258 g/mol. The molecule has 0 bridgehead atoms. The van der Waals surface area contributed by atoms with Gasteiger partial charge in [-0.05, 0) is 37.6 Å². The summed E-state index contributed by atoms with van der Waals surface area (Å²) in [5.41, 5.74) is 7.59. The monoisotopic (exact) mass is 279 g/mol. The summed E-state index contributed by atoms with van der Waals surface area (Å²) in [4.78, 5) is 23.1. The molecule has 0 aliphatic heterocycles. The van der Waals surface area contributed by atoms with Crippen LogP contribution in [0.15, 0.2) is 18.2 Å². The van der Waals surface area contributed by atoms with Gasteiger partial charge in [-0.1, -0.05) is 6.07 Å². The molecule has 1 aromatic rings. The van der Waals surface area contributed by atoms with Crippen LogP contribution in [-0.2, 0) is 14.3 Å². The molecule has 0 aromatic heterocycles. The van der Waals surface area contributed by atoms with Crippen LogP contribution in [0.25, 0.3) is 0 Å². The van der Waals surface area contributed by atoms with Crippen LogP contribution in [0.2, 0.25) is 0 Å². The van der Waals surface area contributed by atoms with Crippen LogP contribution in [0.4, 0.5) is 11.4 Å².